The zero-order chi connectivity index (χ0) is 21.4. The van der Waals surface area contributed by atoms with E-state index in [4.69, 9.17) is 4.74 Å². The maximum atomic E-state index is 11.9. The topological polar surface area (TPSA) is 73.2 Å². The Bertz CT molecular complexity index is 937. The molecular formula is C25H30N2O4. The van der Waals surface area contributed by atoms with Gasteiger partial charge in [0.05, 0.1) is 12.2 Å². The van der Waals surface area contributed by atoms with Gasteiger partial charge < -0.3 is 24.7 Å². The third kappa shape index (κ3) is 4.07. The molecule has 3 heterocycles. The van der Waals surface area contributed by atoms with Gasteiger partial charge >= 0.3 is 0 Å². The molecule has 0 bridgehead atoms. The first kappa shape index (κ1) is 20.5. The van der Waals surface area contributed by atoms with Crippen LogP contribution in [0.25, 0.3) is 0 Å². The molecule has 2 saturated heterocycles. The Hall–Kier alpha value is -2.41. The minimum atomic E-state index is -0.573. The predicted molar refractivity (Wildman–Crippen MR) is 118 cm³/mol. The first-order valence-electron chi connectivity index (χ1n) is 11.3. The summed E-state index contributed by atoms with van der Waals surface area (Å²) in [5.41, 5.74) is 2.34. The van der Waals surface area contributed by atoms with Crippen LogP contribution in [-0.2, 0) is 4.79 Å². The Morgan fingerprint density at radius 3 is 2.52 bits per heavy atom. The van der Waals surface area contributed by atoms with Crippen LogP contribution in [0.1, 0.15) is 55.4 Å². The van der Waals surface area contributed by atoms with Crippen molar-refractivity contribution in [2.75, 3.05) is 31.1 Å². The van der Waals surface area contributed by atoms with Gasteiger partial charge in [-0.1, -0.05) is 30.3 Å². The summed E-state index contributed by atoms with van der Waals surface area (Å²) in [6, 6.07) is 15.5. The number of β-amino-alcohol motifs (C(OH)–C–C–N with tert-alkyl or cyclic N) is 1. The molecule has 6 heteroatoms. The number of nitrogens with zero attached hydrogens (tertiary/aromatic N) is 2. The van der Waals surface area contributed by atoms with Crippen LogP contribution >= 0.6 is 0 Å². The van der Waals surface area contributed by atoms with E-state index in [0.717, 1.165) is 61.5 Å². The van der Waals surface area contributed by atoms with E-state index in [1.54, 1.807) is 0 Å². The van der Waals surface area contributed by atoms with Crippen LogP contribution < -0.4 is 9.64 Å². The molecule has 3 aliphatic rings. The first-order chi connectivity index (χ1) is 15.0. The zero-order valence-corrected chi connectivity index (χ0v) is 17.7. The highest BCUT2D eigenvalue weighted by Gasteiger charge is 2.42. The summed E-state index contributed by atoms with van der Waals surface area (Å²) < 4.78 is 6.36. The van der Waals surface area contributed by atoms with Gasteiger partial charge in [0.25, 0.3) is 0 Å². The second-order valence-corrected chi connectivity index (χ2v) is 9.10. The van der Waals surface area contributed by atoms with Crippen LogP contribution in [0.15, 0.2) is 48.5 Å². The van der Waals surface area contributed by atoms with Crippen molar-refractivity contribution in [2.24, 2.45) is 0 Å². The van der Waals surface area contributed by atoms with Crippen molar-refractivity contribution in [1.82, 2.24) is 4.90 Å². The van der Waals surface area contributed by atoms with Crippen molar-refractivity contribution < 1.29 is 19.7 Å². The van der Waals surface area contributed by atoms with Gasteiger partial charge in [0.1, 0.15) is 11.4 Å². The Morgan fingerprint density at radius 1 is 1.06 bits per heavy atom. The first-order valence-corrected chi connectivity index (χ1v) is 11.3. The zero-order valence-electron chi connectivity index (χ0n) is 17.7. The number of anilines is 1. The Kier molecular flexibility index (Phi) is 5.46. The summed E-state index contributed by atoms with van der Waals surface area (Å²) in [5, 5.41) is 21.4. The number of aliphatic hydroxyl groups excluding tert-OH is 2. The lowest BCUT2D eigenvalue weighted by Gasteiger charge is -2.46. The highest BCUT2D eigenvalue weighted by Crippen LogP contribution is 2.44. The number of ether oxygens (including phenoxy) is 1. The Balaban J connectivity index is 1.18. The van der Waals surface area contributed by atoms with Crippen LogP contribution in [0.5, 0.6) is 5.75 Å². The van der Waals surface area contributed by atoms with Crippen LogP contribution in [-0.4, -0.2) is 52.8 Å². The largest absolute Gasteiger partial charge is 0.487 e. The molecule has 1 amide bonds. The fourth-order valence-electron chi connectivity index (χ4n) is 5.18. The van der Waals surface area contributed by atoms with Gasteiger partial charge in [0, 0.05) is 50.3 Å². The third-order valence-corrected chi connectivity index (χ3v) is 7.03. The molecule has 0 saturated carbocycles. The Labute approximate surface area is 183 Å². The molecule has 0 unspecified atom stereocenters. The van der Waals surface area contributed by atoms with Crippen molar-refractivity contribution in [1.29, 1.82) is 0 Å². The van der Waals surface area contributed by atoms with Gasteiger partial charge in [-0.15, -0.1) is 0 Å². The third-order valence-electron chi connectivity index (χ3n) is 7.03. The molecule has 2 fully saturated rings. The number of fused-ring (bicyclic) bond motifs is 1. The lowest BCUT2D eigenvalue weighted by Crippen LogP contribution is -2.51. The van der Waals surface area contributed by atoms with E-state index in [0.29, 0.717) is 19.4 Å². The van der Waals surface area contributed by atoms with E-state index in [9.17, 15) is 15.0 Å². The van der Waals surface area contributed by atoms with E-state index < -0.39 is 12.2 Å². The Morgan fingerprint density at radius 2 is 1.81 bits per heavy atom. The number of rotatable bonds is 4. The SMILES string of the molecule is O=C1CCCN1c1ccc([C@H](O)CN2CCC3(CC2)C[C@H](O)c2ccccc2O3)cc1. The molecule has 0 aliphatic carbocycles. The molecule has 2 aromatic rings. The summed E-state index contributed by atoms with van der Waals surface area (Å²) in [6.45, 7) is 2.99. The normalized spacial score (nSPS) is 24.1. The van der Waals surface area contributed by atoms with Crippen molar-refractivity contribution in [3.63, 3.8) is 0 Å². The number of piperidine rings is 1. The highest BCUT2D eigenvalue weighted by molar-refractivity contribution is 5.95. The van der Waals surface area contributed by atoms with E-state index >= 15 is 0 Å². The van der Waals surface area contributed by atoms with Crippen LogP contribution in [0.3, 0.4) is 0 Å². The van der Waals surface area contributed by atoms with E-state index in [-0.39, 0.29) is 11.5 Å². The molecule has 1 spiro atoms. The van der Waals surface area contributed by atoms with E-state index in [2.05, 4.69) is 4.90 Å². The number of hydrogen-bond acceptors (Lipinski definition) is 5. The van der Waals surface area contributed by atoms with Gasteiger partial charge in [-0.3, -0.25) is 4.79 Å². The van der Waals surface area contributed by atoms with Crippen molar-refractivity contribution in [3.8, 4) is 5.75 Å². The van der Waals surface area contributed by atoms with Gasteiger partial charge in [-0.2, -0.15) is 0 Å². The number of carbonyl (C=O) groups is 1. The number of carbonyl (C=O) groups excluding carboxylic acids is 1. The second-order valence-electron chi connectivity index (χ2n) is 9.10. The minimum Gasteiger partial charge on any atom is -0.487 e. The van der Waals surface area contributed by atoms with E-state index in [1.165, 1.54) is 0 Å². The maximum Gasteiger partial charge on any atom is 0.227 e. The fraction of sp³-hybridized carbons (Fsp3) is 0.480. The van der Waals surface area contributed by atoms with Crippen molar-refractivity contribution in [2.45, 2.75) is 49.9 Å². The quantitative estimate of drug-likeness (QED) is 0.792. The lowest BCUT2D eigenvalue weighted by molar-refractivity contribution is -0.117. The molecule has 3 aliphatic heterocycles. The van der Waals surface area contributed by atoms with Crippen LogP contribution in [0.4, 0.5) is 5.69 Å². The summed E-state index contributed by atoms with van der Waals surface area (Å²) >= 11 is 0. The molecule has 31 heavy (non-hydrogen) atoms. The monoisotopic (exact) mass is 422 g/mol. The highest BCUT2D eigenvalue weighted by atomic mass is 16.5. The molecule has 2 aromatic carbocycles. The molecule has 6 nitrogen and oxygen atoms in total. The lowest BCUT2D eigenvalue weighted by atomic mass is 9.81. The van der Waals surface area contributed by atoms with Crippen LogP contribution in [0.2, 0.25) is 0 Å². The van der Waals surface area contributed by atoms with Gasteiger partial charge in [0.15, 0.2) is 0 Å². The van der Waals surface area contributed by atoms with Crippen molar-refractivity contribution in [3.05, 3.63) is 59.7 Å². The standard InChI is InChI=1S/C25H30N2O4/c28-21-16-25(31-23-5-2-1-4-20(21)23)11-14-26(15-12-25)17-22(29)18-7-9-19(10-8-18)27-13-3-6-24(27)30/h1-2,4-5,7-10,21-22,28-29H,3,6,11-17H2/t21-,22+/m0/s1. The molecule has 164 valence electrons. The van der Waals surface area contributed by atoms with Crippen LogP contribution in [0, 0.1) is 0 Å². The van der Waals surface area contributed by atoms with Gasteiger partial charge in [-0.25, -0.2) is 0 Å². The number of hydrogen-bond donors (Lipinski definition) is 2. The maximum absolute atomic E-state index is 11.9. The molecule has 2 N–H and O–H groups in total. The molecular weight excluding hydrogens is 392 g/mol. The molecule has 2 atom stereocenters. The summed E-state index contributed by atoms with van der Waals surface area (Å²) in [6.07, 6.45) is 2.76. The average molecular weight is 423 g/mol. The number of para-hydroxylation sites is 1. The predicted octanol–water partition coefficient (Wildman–Crippen LogP) is 3.20. The molecule has 0 aromatic heterocycles. The summed E-state index contributed by atoms with van der Waals surface area (Å²) in [5.74, 6) is 0.972. The second kappa shape index (κ2) is 8.26. The number of benzene rings is 2. The number of likely N-dealkylation sites (tertiary alicyclic amines) is 1. The average Bonchev–Trinajstić information content (AvgIpc) is 3.21. The minimum absolute atomic E-state index is 0.174. The number of amides is 1. The smallest absolute Gasteiger partial charge is 0.227 e. The fourth-order valence-corrected chi connectivity index (χ4v) is 5.18. The van der Waals surface area contributed by atoms with Gasteiger partial charge in [-0.05, 0) is 43.0 Å². The van der Waals surface area contributed by atoms with E-state index in [1.807, 2.05) is 53.4 Å². The number of aliphatic hydroxyl groups is 2. The van der Waals surface area contributed by atoms with Crippen molar-refractivity contribution >= 4 is 11.6 Å². The molecule has 0 radical (unpaired) electrons. The van der Waals surface area contributed by atoms with Gasteiger partial charge in [0.2, 0.25) is 5.91 Å². The summed E-state index contributed by atoms with van der Waals surface area (Å²) in [7, 11) is 0. The summed E-state index contributed by atoms with van der Waals surface area (Å²) in [4.78, 5) is 16.0. The molecule has 5 rings (SSSR count).